The van der Waals surface area contributed by atoms with Crippen molar-refractivity contribution in [2.75, 3.05) is 0 Å². The molecule has 0 aliphatic rings. The minimum atomic E-state index is 0. The van der Waals surface area contributed by atoms with Gasteiger partial charge >= 0.3 is 0 Å². The maximum absolute atomic E-state index is 0. The molecule has 0 aromatic carbocycles. The fourth-order valence-electron chi connectivity index (χ4n) is 0. The largest absolute Gasteiger partial charge is 0.358 e. The van der Waals surface area contributed by atoms with E-state index >= 15 is 0 Å². The van der Waals surface area contributed by atoms with Gasteiger partial charge in [-0.25, -0.2) is 0 Å². The van der Waals surface area contributed by atoms with Crippen molar-refractivity contribution >= 4 is 0 Å². The molecule has 0 fully saturated rings. The first-order valence-corrected chi connectivity index (χ1v) is 0. The monoisotopic (exact) mass is 279 g/mol. The quantitative estimate of drug-likeness (QED) is 0.445. The molecular weight excluding hydrogens is 274 g/mol. The van der Waals surface area contributed by atoms with E-state index in [2.05, 4.69) is 0 Å². The molecule has 4 heteroatoms. The van der Waals surface area contributed by atoms with Crippen LogP contribution in [0.4, 0.5) is 0 Å². The van der Waals surface area contributed by atoms with Crippen molar-refractivity contribution in [3.63, 3.8) is 0 Å². The van der Waals surface area contributed by atoms with Crippen molar-refractivity contribution < 1.29 is 72.0 Å². The third-order valence-electron chi connectivity index (χ3n) is 0. The van der Waals surface area contributed by atoms with Crippen molar-refractivity contribution in [1.82, 2.24) is 0 Å². The van der Waals surface area contributed by atoms with E-state index in [-0.39, 0.29) is 79.4 Å². The Morgan fingerprint density at radius 1 is 1.00 bits per heavy atom. The van der Waals surface area contributed by atoms with Crippen LogP contribution in [0.1, 0.15) is 0 Å². The molecule has 38 valence electrons. The van der Waals surface area contributed by atoms with E-state index in [0.717, 1.165) is 0 Å². The van der Waals surface area contributed by atoms with E-state index in [1.807, 2.05) is 0 Å². The van der Waals surface area contributed by atoms with Gasteiger partial charge in [0.1, 0.15) is 0 Å². The molecule has 0 N–H and O–H groups in total. The standard InChI is InChI=1S/CH3.Cr.Fe.Mo.Ni/h1H3;;;;/q-1;;;;. The van der Waals surface area contributed by atoms with E-state index in [0.29, 0.717) is 0 Å². The van der Waals surface area contributed by atoms with Gasteiger partial charge in [0.25, 0.3) is 0 Å². The second-order valence-electron chi connectivity index (χ2n) is 0. The van der Waals surface area contributed by atoms with Crippen LogP contribution in [-0.2, 0) is 72.0 Å². The van der Waals surface area contributed by atoms with E-state index < -0.39 is 0 Å². The maximum atomic E-state index is 0. The number of hydrogen-bond donors (Lipinski definition) is 0. The Morgan fingerprint density at radius 3 is 1.00 bits per heavy atom. The van der Waals surface area contributed by atoms with Crippen LogP contribution in [0.15, 0.2) is 0 Å². The van der Waals surface area contributed by atoms with E-state index in [9.17, 15) is 0 Å². The van der Waals surface area contributed by atoms with Gasteiger partial charge in [-0.1, -0.05) is 0 Å². The van der Waals surface area contributed by atoms with Crippen LogP contribution in [-0.4, -0.2) is 0 Å². The molecule has 0 rings (SSSR count). The SMILES string of the molecule is [CH3-].[Cr].[Fe].[Mo].[Ni]. The first kappa shape index (κ1) is 56.3. The first-order valence-electron chi connectivity index (χ1n) is 0. The van der Waals surface area contributed by atoms with Crippen LogP contribution in [0.5, 0.6) is 0 Å². The summed E-state index contributed by atoms with van der Waals surface area (Å²) in [4.78, 5) is 0. The summed E-state index contributed by atoms with van der Waals surface area (Å²) in [6, 6.07) is 0. The summed E-state index contributed by atoms with van der Waals surface area (Å²) in [7, 11) is 0. The summed E-state index contributed by atoms with van der Waals surface area (Å²) >= 11 is 0. The Morgan fingerprint density at radius 2 is 1.00 bits per heavy atom. The van der Waals surface area contributed by atoms with E-state index in [1.54, 1.807) is 0 Å². The van der Waals surface area contributed by atoms with Gasteiger partial charge in [0, 0.05) is 72.0 Å². The smallest absolute Gasteiger partial charge is 0 e. The van der Waals surface area contributed by atoms with Gasteiger partial charge in [-0.3, -0.25) is 0 Å². The topological polar surface area (TPSA) is 0 Å². The van der Waals surface area contributed by atoms with Crippen LogP contribution in [0.25, 0.3) is 0 Å². The second-order valence-corrected chi connectivity index (χ2v) is 0. The van der Waals surface area contributed by atoms with Crippen LogP contribution in [0, 0.1) is 7.43 Å². The molecule has 0 aromatic heterocycles. The molecule has 0 nitrogen and oxygen atoms in total. The molecule has 0 aliphatic carbocycles. The molecular formula is CH3CrFeMoNi-. The van der Waals surface area contributed by atoms with Crippen LogP contribution >= 0.6 is 0 Å². The molecule has 5 heavy (non-hydrogen) atoms. The fourth-order valence-corrected chi connectivity index (χ4v) is 0. The molecule has 0 bridgehead atoms. The molecule has 0 heterocycles. The summed E-state index contributed by atoms with van der Waals surface area (Å²) < 4.78 is 0. The third kappa shape index (κ3) is 22.4. The average molecular weight is 278 g/mol. The maximum Gasteiger partial charge on any atom is 0 e. The average Bonchev–Trinajstić information content (AvgIpc) is 0. The molecule has 0 aromatic rings. The summed E-state index contributed by atoms with van der Waals surface area (Å²) in [5.74, 6) is 0. The molecule has 0 saturated heterocycles. The molecule has 0 aliphatic heterocycles. The van der Waals surface area contributed by atoms with Crippen molar-refractivity contribution in [3.05, 3.63) is 7.43 Å². The summed E-state index contributed by atoms with van der Waals surface area (Å²) in [6.07, 6.45) is 0. The Kier molecular flexibility index (Phi) is 386. The first-order chi connectivity index (χ1) is 0. The third-order valence-corrected chi connectivity index (χ3v) is 0. The van der Waals surface area contributed by atoms with Gasteiger partial charge in [0.15, 0.2) is 0 Å². The van der Waals surface area contributed by atoms with Crippen molar-refractivity contribution in [3.8, 4) is 0 Å². The van der Waals surface area contributed by atoms with Crippen molar-refractivity contribution in [1.29, 1.82) is 0 Å². The fraction of sp³-hybridized carbons (Fsp3) is 0. The zero-order valence-corrected chi connectivity index (χ0v) is 7.86. The second kappa shape index (κ2) is 34.2. The number of rotatable bonds is 0. The van der Waals surface area contributed by atoms with E-state index in [1.165, 1.54) is 0 Å². The van der Waals surface area contributed by atoms with Crippen molar-refractivity contribution in [2.45, 2.75) is 0 Å². The van der Waals surface area contributed by atoms with Crippen LogP contribution < -0.4 is 0 Å². The predicted molar refractivity (Wildman–Crippen MR) is 6.41 cm³/mol. The van der Waals surface area contributed by atoms with Gasteiger partial charge in [-0.15, -0.1) is 0 Å². The minimum Gasteiger partial charge on any atom is -0.358 e. The van der Waals surface area contributed by atoms with Gasteiger partial charge in [0.2, 0.25) is 0 Å². The Labute approximate surface area is 78.6 Å². The van der Waals surface area contributed by atoms with E-state index in [4.69, 9.17) is 0 Å². The Balaban J connectivity index is 0. The molecule has 0 radical (unpaired) electrons. The van der Waals surface area contributed by atoms with Crippen LogP contribution in [0.2, 0.25) is 0 Å². The summed E-state index contributed by atoms with van der Waals surface area (Å²) in [6.45, 7) is 0. The molecule has 0 unspecified atom stereocenters. The molecule has 0 atom stereocenters. The Hall–Kier alpha value is 2.23. The molecule has 0 saturated carbocycles. The van der Waals surface area contributed by atoms with Gasteiger partial charge in [-0.2, -0.15) is 0 Å². The summed E-state index contributed by atoms with van der Waals surface area (Å²) in [5.41, 5.74) is 0. The van der Waals surface area contributed by atoms with Gasteiger partial charge in [-0.05, 0) is 0 Å². The predicted octanol–water partition coefficient (Wildman–Crippen LogP) is 0.440. The van der Waals surface area contributed by atoms with Crippen LogP contribution in [0.3, 0.4) is 0 Å². The van der Waals surface area contributed by atoms with Gasteiger partial charge < -0.3 is 7.43 Å². The van der Waals surface area contributed by atoms with Crippen molar-refractivity contribution in [2.24, 2.45) is 0 Å². The summed E-state index contributed by atoms with van der Waals surface area (Å²) in [5, 5.41) is 0. The molecule has 0 spiro atoms. The zero-order chi connectivity index (χ0) is 0. The molecule has 0 amide bonds. The Bertz CT molecular complexity index is 11.6. The zero-order valence-electron chi connectivity index (χ0n) is 2.49. The van der Waals surface area contributed by atoms with Gasteiger partial charge in [0.05, 0.1) is 0 Å². The number of hydrogen-bond acceptors (Lipinski definition) is 0. The normalized spacial score (nSPS) is 0. The minimum absolute atomic E-state index is 0.